The van der Waals surface area contributed by atoms with Gasteiger partial charge in [0.2, 0.25) is 0 Å². The van der Waals surface area contributed by atoms with Crippen molar-refractivity contribution in [2.75, 3.05) is 44.9 Å². The van der Waals surface area contributed by atoms with Gasteiger partial charge < -0.3 is 20.3 Å². The first-order valence-corrected chi connectivity index (χ1v) is 9.33. The second-order valence-electron chi connectivity index (χ2n) is 6.74. The van der Waals surface area contributed by atoms with E-state index in [4.69, 9.17) is 4.74 Å². The average Bonchev–Trinajstić information content (AvgIpc) is 2.74. The van der Waals surface area contributed by atoms with E-state index in [1.54, 1.807) is 37.4 Å². The first kappa shape index (κ1) is 20.3. The predicted octanol–water partition coefficient (Wildman–Crippen LogP) is 3.38. The summed E-state index contributed by atoms with van der Waals surface area (Å²) in [5.41, 5.74) is 1.81. The van der Waals surface area contributed by atoms with Crippen LogP contribution in [0.2, 0.25) is 0 Å². The largest absolute Gasteiger partial charge is 0.497 e. The van der Waals surface area contributed by atoms with Gasteiger partial charge in [-0.15, -0.1) is 0 Å². The number of hydrogen-bond donors (Lipinski definition) is 2. The summed E-state index contributed by atoms with van der Waals surface area (Å²) in [5, 5.41) is 6.14. The maximum atomic E-state index is 12.8. The van der Waals surface area contributed by atoms with Crippen molar-refractivity contribution in [1.29, 1.82) is 0 Å². The number of rotatable bonds is 8. The van der Waals surface area contributed by atoms with Crippen molar-refractivity contribution in [2.45, 2.75) is 0 Å². The Kier molecular flexibility index (Phi) is 6.76. The van der Waals surface area contributed by atoms with Crippen molar-refractivity contribution in [1.82, 2.24) is 14.9 Å². The molecule has 2 aromatic carbocycles. The van der Waals surface area contributed by atoms with E-state index in [9.17, 15) is 4.79 Å². The van der Waals surface area contributed by atoms with Gasteiger partial charge in [-0.1, -0.05) is 30.3 Å². The molecule has 0 saturated heterocycles. The minimum atomic E-state index is -0.301. The lowest BCUT2D eigenvalue weighted by molar-refractivity contribution is 0.102. The van der Waals surface area contributed by atoms with Gasteiger partial charge in [0.25, 0.3) is 5.91 Å². The normalized spacial score (nSPS) is 10.6. The summed E-state index contributed by atoms with van der Waals surface area (Å²) in [6.07, 6.45) is 0. The van der Waals surface area contributed by atoms with Crippen molar-refractivity contribution in [2.24, 2.45) is 0 Å². The van der Waals surface area contributed by atoms with Gasteiger partial charge in [-0.3, -0.25) is 4.79 Å². The number of aromatic nitrogens is 2. The highest BCUT2D eigenvalue weighted by Gasteiger charge is 2.13. The maximum absolute atomic E-state index is 12.8. The van der Waals surface area contributed by atoms with Crippen LogP contribution in [-0.2, 0) is 0 Å². The van der Waals surface area contributed by atoms with Crippen LogP contribution in [0.4, 0.5) is 11.5 Å². The van der Waals surface area contributed by atoms with Crippen molar-refractivity contribution in [3.63, 3.8) is 0 Å². The Hall–Kier alpha value is -3.45. The summed E-state index contributed by atoms with van der Waals surface area (Å²) < 4.78 is 5.15. The third kappa shape index (κ3) is 5.76. The molecule has 0 atom stereocenters. The molecule has 0 aliphatic rings. The molecule has 0 saturated carbocycles. The fourth-order valence-corrected chi connectivity index (χ4v) is 2.65. The first-order chi connectivity index (χ1) is 14.0. The van der Waals surface area contributed by atoms with Crippen molar-refractivity contribution < 1.29 is 9.53 Å². The van der Waals surface area contributed by atoms with Crippen molar-refractivity contribution in [3.05, 3.63) is 66.4 Å². The molecule has 7 heteroatoms. The molecular weight excluding hydrogens is 366 g/mol. The molecule has 29 heavy (non-hydrogen) atoms. The van der Waals surface area contributed by atoms with Gasteiger partial charge >= 0.3 is 0 Å². The van der Waals surface area contributed by atoms with Gasteiger partial charge in [0.1, 0.15) is 17.3 Å². The smallest absolute Gasteiger partial charge is 0.274 e. The molecule has 0 aliphatic carbocycles. The summed E-state index contributed by atoms with van der Waals surface area (Å²) >= 11 is 0. The quantitative estimate of drug-likeness (QED) is 0.613. The third-order valence-electron chi connectivity index (χ3n) is 4.20. The fraction of sp³-hybridized carbons (Fsp3) is 0.227. The Morgan fingerprint density at radius 3 is 2.41 bits per heavy atom. The Morgan fingerprint density at radius 2 is 1.76 bits per heavy atom. The van der Waals surface area contributed by atoms with E-state index in [-0.39, 0.29) is 5.91 Å². The number of benzene rings is 2. The molecule has 3 aromatic rings. The van der Waals surface area contributed by atoms with Gasteiger partial charge in [-0.2, -0.15) is 0 Å². The number of likely N-dealkylation sites (N-methyl/N-ethyl adjacent to an activating group) is 1. The minimum absolute atomic E-state index is 0.294. The molecule has 0 radical (unpaired) electrons. The predicted molar refractivity (Wildman–Crippen MR) is 115 cm³/mol. The van der Waals surface area contributed by atoms with Crippen LogP contribution in [0.1, 0.15) is 10.5 Å². The summed E-state index contributed by atoms with van der Waals surface area (Å²) in [5.74, 6) is 1.54. The number of nitrogens with zero attached hydrogens (tertiary/aromatic N) is 3. The SMILES string of the molecule is COc1ccc(NC(=O)c2cc(NCCN(C)C)nc(-c3ccccc3)n2)cc1. The van der Waals surface area contributed by atoms with Crippen LogP contribution in [0, 0.1) is 0 Å². The van der Waals surface area contributed by atoms with Gasteiger partial charge in [-0.05, 0) is 38.4 Å². The van der Waals surface area contributed by atoms with Gasteiger partial charge in [0.15, 0.2) is 5.82 Å². The van der Waals surface area contributed by atoms with E-state index in [1.807, 2.05) is 44.4 Å². The molecule has 7 nitrogen and oxygen atoms in total. The zero-order valence-electron chi connectivity index (χ0n) is 16.8. The number of amides is 1. The maximum Gasteiger partial charge on any atom is 0.274 e. The van der Waals surface area contributed by atoms with Crippen LogP contribution in [0.3, 0.4) is 0 Å². The lowest BCUT2D eigenvalue weighted by Crippen LogP contribution is -2.22. The Morgan fingerprint density at radius 1 is 1.03 bits per heavy atom. The van der Waals surface area contributed by atoms with Crippen LogP contribution in [-0.4, -0.2) is 55.1 Å². The number of anilines is 2. The van der Waals surface area contributed by atoms with Crippen molar-refractivity contribution >= 4 is 17.4 Å². The Balaban J connectivity index is 1.85. The second kappa shape index (κ2) is 9.66. The standard InChI is InChI=1S/C22H25N5O2/c1-27(2)14-13-23-20-15-19(25-21(26-20)16-7-5-4-6-8-16)22(28)24-17-9-11-18(29-3)12-10-17/h4-12,15H,13-14H2,1-3H3,(H,24,28)(H,23,25,26). The minimum Gasteiger partial charge on any atom is -0.497 e. The lowest BCUT2D eigenvalue weighted by atomic mass is 10.2. The summed E-state index contributed by atoms with van der Waals surface area (Å²) in [4.78, 5) is 23.9. The number of hydrogen-bond acceptors (Lipinski definition) is 6. The molecule has 1 amide bonds. The zero-order chi connectivity index (χ0) is 20.6. The summed E-state index contributed by atoms with van der Waals surface area (Å²) in [6, 6.07) is 18.4. The van der Waals surface area contributed by atoms with Crippen LogP contribution in [0.25, 0.3) is 11.4 Å². The van der Waals surface area contributed by atoms with E-state index in [0.717, 1.165) is 17.9 Å². The molecule has 2 N–H and O–H groups in total. The van der Waals surface area contributed by atoms with E-state index >= 15 is 0 Å². The highest BCUT2D eigenvalue weighted by atomic mass is 16.5. The molecule has 0 fully saturated rings. The molecule has 1 aromatic heterocycles. The van der Waals surface area contributed by atoms with E-state index in [0.29, 0.717) is 29.6 Å². The van der Waals surface area contributed by atoms with Crippen LogP contribution >= 0.6 is 0 Å². The monoisotopic (exact) mass is 391 g/mol. The zero-order valence-corrected chi connectivity index (χ0v) is 16.8. The average molecular weight is 391 g/mol. The van der Waals surface area contributed by atoms with Crippen LogP contribution in [0.15, 0.2) is 60.7 Å². The summed E-state index contributed by atoms with van der Waals surface area (Å²) in [6.45, 7) is 1.55. The molecule has 3 rings (SSSR count). The topological polar surface area (TPSA) is 79.4 Å². The molecule has 0 aliphatic heterocycles. The summed E-state index contributed by atoms with van der Waals surface area (Å²) in [7, 11) is 5.61. The number of methoxy groups -OCH3 is 1. The van der Waals surface area contributed by atoms with Gasteiger partial charge in [0, 0.05) is 30.4 Å². The number of nitrogens with one attached hydrogen (secondary N) is 2. The van der Waals surface area contributed by atoms with Gasteiger partial charge in [-0.25, -0.2) is 9.97 Å². The second-order valence-corrected chi connectivity index (χ2v) is 6.74. The highest BCUT2D eigenvalue weighted by Crippen LogP contribution is 2.20. The molecule has 0 spiro atoms. The molecule has 1 heterocycles. The van der Waals surface area contributed by atoms with Crippen LogP contribution < -0.4 is 15.4 Å². The lowest BCUT2D eigenvalue weighted by Gasteiger charge is -2.13. The highest BCUT2D eigenvalue weighted by molar-refractivity contribution is 6.03. The molecule has 150 valence electrons. The van der Waals surface area contributed by atoms with E-state index in [2.05, 4.69) is 25.5 Å². The van der Waals surface area contributed by atoms with Gasteiger partial charge in [0.05, 0.1) is 7.11 Å². The van der Waals surface area contributed by atoms with E-state index < -0.39 is 0 Å². The van der Waals surface area contributed by atoms with Crippen LogP contribution in [0.5, 0.6) is 5.75 Å². The van der Waals surface area contributed by atoms with E-state index in [1.165, 1.54) is 0 Å². The number of carbonyl (C=O) groups excluding carboxylic acids is 1. The number of carbonyl (C=O) groups is 1. The molecule has 0 bridgehead atoms. The number of ether oxygens (including phenoxy) is 1. The Bertz CT molecular complexity index is 943. The first-order valence-electron chi connectivity index (χ1n) is 9.33. The molecular formula is C22H25N5O2. The molecule has 0 unspecified atom stereocenters. The fourth-order valence-electron chi connectivity index (χ4n) is 2.65. The Labute approximate surface area is 170 Å². The third-order valence-corrected chi connectivity index (χ3v) is 4.20. The van der Waals surface area contributed by atoms with Crippen molar-refractivity contribution in [3.8, 4) is 17.1 Å².